The Kier molecular flexibility index (Phi) is 4.94. The summed E-state index contributed by atoms with van der Waals surface area (Å²) in [7, 11) is 2.02. The topological polar surface area (TPSA) is 46.9 Å². The number of imidazole rings is 1. The van der Waals surface area contributed by atoms with Crippen molar-refractivity contribution in [3.63, 3.8) is 0 Å². The first-order valence-electron chi connectivity index (χ1n) is 8.70. The zero-order chi connectivity index (χ0) is 18.6. The number of thioether (sulfide) groups is 1. The first kappa shape index (κ1) is 17.4. The molecule has 4 nitrogen and oxygen atoms in total. The first-order valence-corrected chi connectivity index (χ1v) is 9.69. The van der Waals surface area contributed by atoms with Crippen LogP contribution in [0.15, 0.2) is 83.8 Å². The summed E-state index contributed by atoms with van der Waals surface area (Å²) in [6, 6.07) is 25.8. The molecule has 0 fully saturated rings. The Balaban J connectivity index is 1.44. The molecule has 0 radical (unpaired) electrons. The molecular formula is C22H19N3OS. The van der Waals surface area contributed by atoms with Crippen LogP contribution >= 0.6 is 11.8 Å². The highest BCUT2D eigenvalue weighted by molar-refractivity contribution is 8.00. The maximum absolute atomic E-state index is 12.2. The third-order valence-electron chi connectivity index (χ3n) is 4.33. The standard InChI is InChI=1S/C22H19N3OS/c1-25-20-10-6-5-9-19(20)24-22(25)16-11-13-17(14-12-16)23-21(26)15-27-18-7-3-2-4-8-18/h2-14H,15H2,1H3,(H,23,26). The second-order valence-electron chi connectivity index (χ2n) is 6.21. The van der Waals surface area contributed by atoms with Gasteiger partial charge in [0.25, 0.3) is 0 Å². The summed E-state index contributed by atoms with van der Waals surface area (Å²) in [6.45, 7) is 0. The lowest BCUT2D eigenvalue weighted by Crippen LogP contribution is -2.13. The lowest BCUT2D eigenvalue weighted by atomic mass is 10.2. The van der Waals surface area contributed by atoms with Crippen LogP contribution in [0.3, 0.4) is 0 Å². The number of benzene rings is 3. The van der Waals surface area contributed by atoms with Gasteiger partial charge in [-0.1, -0.05) is 30.3 Å². The molecule has 0 saturated carbocycles. The summed E-state index contributed by atoms with van der Waals surface area (Å²) < 4.78 is 2.08. The number of para-hydroxylation sites is 2. The van der Waals surface area contributed by atoms with Crippen molar-refractivity contribution in [3.8, 4) is 11.4 Å². The highest BCUT2D eigenvalue weighted by Gasteiger charge is 2.10. The molecule has 0 bridgehead atoms. The molecule has 1 aromatic heterocycles. The van der Waals surface area contributed by atoms with E-state index < -0.39 is 0 Å². The molecule has 3 aromatic carbocycles. The number of hydrogen-bond acceptors (Lipinski definition) is 3. The summed E-state index contributed by atoms with van der Waals surface area (Å²) in [5, 5.41) is 2.95. The van der Waals surface area contributed by atoms with E-state index in [1.165, 1.54) is 11.8 Å². The molecule has 0 aliphatic heterocycles. The van der Waals surface area contributed by atoms with Gasteiger partial charge in [0.2, 0.25) is 5.91 Å². The summed E-state index contributed by atoms with van der Waals surface area (Å²) in [4.78, 5) is 18.0. The monoisotopic (exact) mass is 373 g/mol. The van der Waals surface area contributed by atoms with Gasteiger partial charge in [-0.2, -0.15) is 0 Å². The molecule has 134 valence electrons. The lowest BCUT2D eigenvalue weighted by molar-refractivity contribution is -0.113. The van der Waals surface area contributed by atoms with Crippen molar-refractivity contribution in [2.24, 2.45) is 7.05 Å². The maximum Gasteiger partial charge on any atom is 0.234 e. The second-order valence-corrected chi connectivity index (χ2v) is 7.26. The zero-order valence-electron chi connectivity index (χ0n) is 14.9. The van der Waals surface area contributed by atoms with Crippen LogP contribution in [-0.4, -0.2) is 21.2 Å². The van der Waals surface area contributed by atoms with Crippen LogP contribution in [0.4, 0.5) is 5.69 Å². The van der Waals surface area contributed by atoms with E-state index >= 15 is 0 Å². The average Bonchev–Trinajstić information content (AvgIpc) is 3.05. The fourth-order valence-electron chi connectivity index (χ4n) is 2.97. The third kappa shape index (κ3) is 3.88. The third-order valence-corrected chi connectivity index (χ3v) is 5.34. The van der Waals surface area contributed by atoms with Gasteiger partial charge in [-0.3, -0.25) is 4.79 Å². The van der Waals surface area contributed by atoms with Crippen molar-refractivity contribution in [1.82, 2.24) is 9.55 Å². The number of carbonyl (C=O) groups excluding carboxylic acids is 1. The first-order chi connectivity index (χ1) is 13.2. The Morgan fingerprint density at radius 3 is 2.41 bits per heavy atom. The van der Waals surface area contributed by atoms with E-state index in [0.717, 1.165) is 33.0 Å². The normalized spacial score (nSPS) is 10.9. The van der Waals surface area contributed by atoms with Gasteiger partial charge < -0.3 is 9.88 Å². The van der Waals surface area contributed by atoms with Crippen LogP contribution in [0, 0.1) is 0 Å². The molecule has 0 spiro atoms. The number of fused-ring (bicyclic) bond motifs is 1. The van der Waals surface area contributed by atoms with Crippen LogP contribution in [0.1, 0.15) is 0 Å². The zero-order valence-corrected chi connectivity index (χ0v) is 15.7. The number of hydrogen-bond donors (Lipinski definition) is 1. The number of carbonyl (C=O) groups is 1. The Morgan fingerprint density at radius 2 is 1.67 bits per heavy atom. The quantitative estimate of drug-likeness (QED) is 0.502. The van der Waals surface area contributed by atoms with E-state index in [4.69, 9.17) is 4.98 Å². The Morgan fingerprint density at radius 1 is 0.963 bits per heavy atom. The summed E-state index contributed by atoms with van der Waals surface area (Å²) in [6.07, 6.45) is 0. The van der Waals surface area contributed by atoms with Gasteiger partial charge in [-0.05, 0) is 48.5 Å². The highest BCUT2D eigenvalue weighted by atomic mass is 32.2. The molecule has 0 saturated heterocycles. The van der Waals surface area contributed by atoms with Crippen molar-refractivity contribution < 1.29 is 4.79 Å². The van der Waals surface area contributed by atoms with Crippen molar-refractivity contribution in [1.29, 1.82) is 0 Å². The van der Waals surface area contributed by atoms with Crippen molar-refractivity contribution in [3.05, 3.63) is 78.9 Å². The number of nitrogens with one attached hydrogen (secondary N) is 1. The largest absolute Gasteiger partial charge is 0.327 e. The lowest BCUT2D eigenvalue weighted by Gasteiger charge is -2.07. The summed E-state index contributed by atoms with van der Waals surface area (Å²) >= 11 is 1.53. The Bertz CT molecular complexity index is 1070. The van der Waals surface area contributed by atoms with E-state index in [-0.39, 0.29) is 5.91 Å². The number of anilines is 1. The number of aromatic nitrogens is 2. The fourth-order valence-corrected chi connectivity index (χ4v) is 3.69. The van der Waals surface area contributed by atoms with Crippen molar-refractivity contribution in [2.45, 2.75) is 4.90 Å². The Hall–Kier alpha value is -3.05. The van der Waals surface area contributed by atoms with E-state index in [0.29, 0.717) is 5.75 Å². The van der Waals surface area contributed by atoms with Crippen LogP contribution in [-0.2, 0) is 11.8 Å². The molecular weight excluding hydrogens is 354 g/mol. The second kappa shape index (κ2) is 7.68. The number of rotatable bonds is 5. The number of nitrogens with zero attached hydrogens (tertiary/aromatic N) is 2. The predicted octanol–water partition coefficient (Wildman–Crippen LogP) is 4.97. The smallest absolute Gasteiger partial charge is 0.234 e. The van der Waals surface area contributed by atoms with Gasteiger partial charge in [-0.25, -0.2) is 4.98 Å². The fraction of sp³-hybridized carbons (Fsp3) is 0.0909. The average molecular weight is 373 g/mol. The van der Waals surface area contributed by atoms with Crippen LogP contribution in [0.25, 0.3) is 22.4 Å². The maximum atomic E-state index is 12.2. The van der Waals surface area contributed by atoms with Gasteiger partial charge in [0, 0.05) is 23.2 Å². The Labute approximate surface area is 162 Å². The van der Waals surface area contributed by atoms with E-state index in [2.05, 4.69) is 16.0 Å². The molecule has 0 aliphatic rings. The van der Waals surface area contributed by atoms with Crippen molar-refractivity contribution in [2.75, 3.05) is 11.1 Å². The molecule has 5 heteroatoms. The molecule has 1 heterocycles. The summed E-state index contributed by atoms with van der Waals surface area (Å²) in [5.41, 5.74) is 3.88. The molecule has 0 aliphatic carbocycles. The minimum Gasteiger partial charge on any atom is -0.327 e. The van der Waals surface area contributed by atoms with Crippen molar-refractivity contribution >= 4 is 34.4 Å². The molecule has 1 amide bonds. The minimum atomic E-state index is -0.0145. The van der Waals surface area contributed by atoms with Gasteiger partial charge in [0.15, 0.2) is 0 Å². The van der Waals surface area contributed by atoms with Gasteiger partial charge >= 0.3 is 0 Å². The van der Waals surface area contributed by atoms with Gasteiger partial charge in [-0.15, -0.1) is 11.8 Å². The SMILES string of the molecule is Cn1c(-c2ccc(NC(=O)CSc3ccccc3)cc2)nc2ccccc21. The van der Waals surface area contributed by atoms with E-state index in [1.54, 1.807) is 0 Å². The highest BCUT2D eigenvalue weighted by Crippen LogP contribution is 2.25. The number of aryl methyl sites for hydroxylation is 1. The molecule has 0 atom stereocenters. The molecule has 4 aromatic rings. The molecule has 0 unspecified atom stereocenters. The van der Waals surface area contributed by atoms with Crippen LogP contribution < -0.4 is 5.32 Å². The van der Waals surface area contributed by atoms with Crippen LogP contribution in [0.5, 0.6) is 0 Å². The van der Waals surface area contributed by atoms with Gasteiger partial charge in [0.05, 0.1) is 16.8 Å². The number of amides is 1. The minimum absolute atomic E-state index is 0.0145. The molecule has 1 N–H and O–H groups in total. The van der Waals surface area contributed by atoms with Crippen LogP contribution in [0.2, 0.25) is 0 Å². The van der Waals surface area contributed by atoms with E-state index in [9.17, 15) is 4.79 Å². The van der Waals surface area contributed by atoms with E-state index in [1.807, 2.05) is 79.8 Å². The molecule has 27 heavy (non-hydrogen) atoms. The predicted molar refractivity (Wildman–Crippen MR) is 112 cm³/mol. The summed E-state index contributed by atoms with van der Waals surface area (Å²) in [5.74, 6) is 1.28. The van der Waals surface area contributed by atoms with Gasteiger partial charge in [0.1, 0.15) is 5.82 Å². The molecule has 4 rings (SSSR count).